The van der Waals surface area contributed by atoms with Crippen molar-refractivity contribution in [3.05, 3.63) is 83.4 Å². The molecule has 364 valence electrons. The highest BCUT2D eigenvalue weighted by molar-refractivity contribution is 9.10. The highest BCUT2D eigenvalue weighted by atomic mass is 79.9. The average Bonchev–Trinajstić information content (AvgIpc) is 3.91. The first-order valence-electron chi connectivity index (χ1n) is 23.3. The molecule has 7 aromatic rings. The number of nitrogens with zero attached hydrogens (tertiary/aromatic N) is 10. The van der Waals surface area contributed by atoms with Gasteiger partial charge in [0.2, 0.25) is 11.9 Å². The number of hydrogen-bond donors (Lipinski definition) is 3. The first kappa shape index (κ1) is 47.0. The quantitative estimate of drug-likeness (QED) is 0.0988. The van der Waals surface area contributed by atoms with Crippen LogP contribution >= 0.6 is 23.1 Å². The summed E-state index contributed by atoms with van der Waals surface area (Å²) in [6.07, 6.45) is 11.9. The molecule has 0 radical (unpaired) electrons. The van der Waals surface area contributed by atoms with Crippen molar-refractivity contribution in [1.82, 2.24) is 39.8 Å². The molecular formula is C49H53BrF2N13O4P. The van der Waals surface area contributed by atoms with E-state index in [0.29, 0.717) is 72.3 Å². The fraction of sp³-hybridized carbons (Fsp3) is 0.367. The molecule has 0 spiro atoms. The minimum Gasteiger partial charge on any atom is -0.494 e. The Morgan fingerprint density at radius 2 is 1.59 bits per heavy atom. The number of urea groups is 1. The van der Waals surface area contributed by atoms with Gasteiger partial charge in [-0.1, -0.05) is 0 Å². The maximum atomic E-state index is 15.9. The third-order valence-electron chi connectivity index (χ3n) is 13.7. The van der Waals surface area contributed by atoms with Crippen molar-refractivity contribution in [2.45, 2.75) is 38.5 Å². The number of carbonyl (C=O) groups excluding carboxylic acids is 2. The number of ether oxygens (including phenoxy) is 1. The molecule has 7 heterocycles. The summed E-state index contributed by atoms with van der Waals surface area (Å²) in [6, 6.07) is 11.7. The summed E-state index contributed by atoms with van der Waals surface area (Å²) >= 11 is 3.57. The minimum absolute atomic E-state index is 0.159. The number of carbonyl (C=O) groups is 2. The Bertz CT molecular complexity index is 3240. The summed E-state index contributed by atoms with van der Waals surface area (Å²) in [6.45, 7) is 6.71. The first-order chi connectivity index (χ1) is 33.6. The van der Waals surface area contributed by atoms with Gasteiger partial charge in [-0.3, -0.25) is 29.4 Å². The molecule has 3 aliphatic heterocycles. The lowest BCUT2D eigenvalue weighted by atomic mass is 9.82. The molecular weight excluding hydrogens is 983 g/mol. The summed E-state index contributed by atoms with van der Waals surface area (Å²) in [5.41, 5.74) is 5.92. The van der Waals surface area contributed by atoms with E-state index in [2.05, 4.69) is 67.9 Å². The number of pyridine rings is 1. The van der Waals surface area contributed by atoms with Gasteiger partial charge in [0, 0.05) is 105 Å². The summed E-state index contributed by atoms with van der Waals surface area (Å²) in [7, 11) is 2.38. The van der Waals surface area contributed by atoms with Gasteiger partial charge in [-0.2, -0.15) is 15.2 Å². The third kappa shape index (κ3) is 9.38. The van der Waals surface area contributed by atoms with E-state index >= 15 is 4.39 Å². The smallest absolute Gasteiger partial charge is 0.329 e. The van der Waals surface area contributed by atoms with Crippen molar-refractivity contribution in [3.63, 3.8) is 0 Å². The highest BCUT2D eigenvalue weighted by Crippen LogP contribution is 2.44. The molecule has 21 heteroatoms. The zero-order valence-electron chi connectivity index (χ0n) is 39.5. The molecule has 0 aliphatic carbocycles. The molecule has 0 atom stereocenters. The van der Waals surface area contributed by atoms with Gasteiger partial charge >= 0.3 is 6.03 Å². The number of aryl methyl sites for hydroxylation is 2. The van der Waals surface area contributed by atoms with Crippen LogP contribution in [0.15, 0.2) is 71.7 Å². The average molecular weight is 1040 g/mol. The van der Waals surface area contributed by atoms with E-state index in [0.717, 1.165) is 86.8 Å². The number of rotatable bonds is 12. The Balaban J connectivity index is 0.817. The maximum Gasteiger partial charge on any atom is 0.329 e. The van der Waals surface area contributed by atoms with Crippen molar-refractivity contribution in [2.24, 2.45) is 25.9 Å². The van der Waals surface area contributed by atoms with Crippen LogP contribution in [0.5, 0.6) is 5.75 Å². The van der Waals surface area contributed by atoms with Gasteiger partial charge in [-0.25, -0.2) is 18.6 Å². The van der Waals surface area contributed by atoms with Crippen LogP contribution in [-0.4, -0.2) is 99.6 Å². The number of hydrogen-bond acceptors (Lipinski definition) is 13. The van der Waals surface area contributed by atoms with E-state index in [1.807, 2.05) is 31.6 Å². The van der Waals surface area contributed by atoms with Crippen LogP contribution in [0, 0.1) is 23.5 Å². The van der Waals surface area contributed by atoms with E-state index in [1.54, 1.807) is 55.2 Å². The number of fused-ring (bicyclic) bond motifs is 2. The molecule has 17 nitrogen and oxygen atoms in total. The highest BCUT2D eigenvalue weighted by Gasteiger charge is 2.32. The standard InChI is InChI=1S/C49H53BrF2N13O4P/c1-61-27-30(24-55-61)32-21-39(57-48-54-26-35(50)46(59-48)56-38-7-6-37-33(19-31(51)25-53-37)45(38)70(4,5)68)43(69-3)23-41(32)63-13-8-28(9-14-63)18-29-10-15-64(16-11-29)42-22-40-34(20-36(42)52)47(60-62(40)2)65-17-12-44(66)58-49(65)67/h6-7,19-29H,8-18H2,1-5H3,(H,58,66,67)(H2,54,56,57,59). The van der Waals surface area contributed by atoms with E-state index in [9.17, 15) is 18.5 Å². The molecule has 3 aliphatic rings. The lowest BCUT2D eigenvalue weighted by Crippen LogP contribution is -2.49. The number of benzene rings is 3. The normalized spacial score (nSPS) is 16.4. The van der Waals surface area contributed by atoms with Crippen molar-refractivity contribution in [3.8, 4) is 16.9 Å². The number of halogens is 3. The second-order valence-corrected chi connectivity index (χ2v) is 22.8. The lowest BCUT2D eigenvalue weighted by molar-refractivity contribution is -0.120. The van der Waals surface area contributed by atoms with Crippen LogP contribution in [0.25, 0.3) is 32.9 Å². The Morgan fingerprint density at radius 3 is 2.26 bits per heavy atom. The molecule has 10 rings (SSSR count). The molecule has 3 fully saturated rings. The topological polar surface area (TPSA) is 181 Å². The van der Waals surface area contributed by atoms with Crippen LogP contribution in [0.1, 0.15) is 38.5 Å². The Hall–Kier alpha value is -6.66. The Labute approximate surface area is 411 Å². The van der Waals surface area contributed by atoms with Crippen molar-refractivity contribution in [2.75, 3.05) is 78.5 Å². The number of methoxy groups -OCH3 is 1. The van der Waals surface area contributed by atoms with Gasteiger partial charge in [0.05, 0.1) is 52.1 Å². The van der Waals surface area contributed by atoms with E-state index < -0.39 is 19.0 Å². The largest absolute Gasteiger partial charge is 0.494 e. The number of nitrogens with one attached hydrogen (secondary N) is 3. The fourth-order valence-electron chi connectivity index (χ4n) is 10.2. The molecule has 3 N–H and O–H groups in total. The van der Waals surface area contributed by atoms with E-state index in [-0.39, 0.29) is 30.6 Å². The molecule has 3 amide bonds. The third-order valence-corrected chi connectivity index (χ3v) is 15.8. The second-order valence-electron chi connectivity index (χ2n) is 18.8. The first-order valence-corrected chi connectivity index (χ1v) is 26.7. The number of piperidine rings is 2. The van der Waals surface area contributed by atoms with Crippen LogP contribution in [-0.2, 0) is 23.5 Å². The van der Waals surface area contributed by atoms with E-state index in [4.69, 9.17) is 9.72 Å². The zero-order valence-corrected chi connectivity index (χ0v) is 42.0. The SMILES string of the molecule is COc1cc(N2CCC(CC3CCN(c4cc5c(cc4F)c(N4CCC(=O)NC4=O)nn5C)CC3)CC2)c(-c2cnn(C)c2)cc1Nc1ncc(Br)c(Nc2ccc3ncc(F)cc3c2P(C)(C)=O)n1. The number of imide groups is 1. The summed E-state index contributed by atoms with van der Waals surface area (Å²) < 4.78 is 53.9. The van der Waals surface area contributed by atoms with Crippen LogP contribution < -0.4 is 40.7 Å². The van der Waals surface area contributed by atoms with Crippen molar-refractivity contribution in [1.29, 1.82) is 0 Å². The molecule has 4 aromatic heterocycles. The predicted octanol–water partition coefficient (Wildman–Crippen LogP) is 9.07. The van der Waals surface area contributed by atoms with Crippen molar-refractivity contribution >= 4 is 102 Å². The number of anilines is 7. The van der Waals surface area contributed by atoms with Gasteiger partial charge in [-0.15, -0.1) is 0 Å². The molecule has 3 saturated heterocycles. The van der Waals surface area contributed by atoms with Crippen LogP contribution in [0.4, 0.5) is 53.9 Å². The van der Waals surface area contributed by atoms with Gasteiger partial charge in [0.25, 0.3) is 0 Å². The van der Waals surface area contributed by atoms with Crippen LogP contribution in [0.3, 0.4) is 0 Å². The number of aromatic nitrogens is 7. The monoisotopic (exact) mass is 1040 g/mol. The fourth-order valence-corrected chi connectivity index (χ4v) is 12.0. The second kappa shape index (κ2) is 18.9. The van der Waals surface area contributed by atoms with Gasteiger partial charge in [-0.05, 0) is 110 Å². The predicted molar refractivity (Wildman–Crippen MR) is 273 cm³/mol. The zero-order chi connectivity index (χ0) is 49.0. The molecule has 3 aromatic carbocycles. The van der Waals surface area contributed by atoms with Gasteiger partial charge in [0.1, 0.15) is 30.3 Å². The molecule has 0 unspecified atom stereocenters. The van der Waals surface area contributed by atoms with Crippen LogP contribution in [0.2, 0.25) is 0 Å². The Kier molecular flexibility index (Phi) is 12.7. The molecule has 0 saturated carbocycles. The van der Waals surface area contributed by atoms with Gasteiger partial charge in [0.15, 0.2) is 5.82 Å². The number of amides is 3. The van der Waals surface area contributed by atoms with Crippen molar-refractivity contribution < 1.29 is 27.7 Å². The molecule has 70 heavy (non-hydrogen) atoms. The Morgan fingerprint density at radius 1 is 0.857 bits per heavy atom. The van der Waals surface area contributed by atoms with E-state index in [1.165, 1.54) is 17.0 Å². The lowest BCUT2D eigenvalue weighted by Gasteiger charge is -2.38. The summed E-state index contributed by atoms with van der Waals surface area (Å²) in [5.74, 6) is 1.53. The summed E-state index contributed by atoms with van der Waals surface area (Å²) in [4.78, 5) is 43.8. The molecule has 0 bridgehead atoms. The maximum absolute atomic E-state index is 15.9. The minimum atomic E-state index is -2.94. The summed E-state index contributed by atoms with van der Waals surface area (Å²) in [5, 5.41) is 19.5. The van der Waals surface area contributed by atoms with Gasteiger partial charge < -0.3 is 29.7 Å².